The molecule has 1 N–H and O–H groups in total. The van der Waals surface area contributed by atoms with Gasteiger partial charge in [-0.3, -0.25) is 0 Å². The molecule has 1 unspecified atom stereocenters. The molecule has 2 fully saturated rings. The van der Waals surface area contributed by atoms with E-state index in [0.717, 1.165) is 37.9 Å². The van der Waals surface area contributed by atoms with Crippen LogP contribution in [-0.4, -0.2) is 42.8 Å². The zero-order chi connectivity index (χ0) is 11.5. The number of hydrogen-bond acceptors (Lipinski definition) is 5. The monoisotopic (exact) mass is 234 g/mol. The van der Waals surface area contributed by atoms with E-state index in [1.54, 1.807) is 0 Å². The molecule has 5 heteroatoms. The molecular formula is C12H18N4O. The average Bonchev–Trinajstić information content (AvgIpc) is 2.94. The molecule has 1 aromatic heterocycles. The van der Waals surface area contributed by atoms with Crippen LogP contribution < -0.4 is 10.2 Å². The van der Waals surface area contributed by atoms with Gasteiger partial charge in [-0.1, -0.05) is 0 Å². The zero-order valence-electron chi connectivity index (χ0n) is 9.93. The minimum absolute atomic E-state index is 0.145. The molecule has 92 valence electrons. The Morgan fingerprint density at radius 1 is 1.35 bits per heavy atom. The highest BCUT2D eigenvalue weighted by molar-refractivity contribution is 5.38. The van der Waals surface area contributed by atoms with Gasteiger partial charge in [0.2, 0.25) is 0 Å². The van der Waals surface area contributed by atoms with Crippen LogP contribution in [0.15, 0.2) is 12.3 Å². The number of nitrogens with zero attached hydrogens (tertiary/aromatic N) is 3. The molecule has 0 aromatic carbocycles. The van der Waals surface area contributed by atoms with Crippen molar-refractivity contribution in [2.45, 2.75) is 18.9 Å². The Morgan fingerprint density at radius 3 is 3.00 bits per heavy atom. The molecule has 0 amide bonds. The van der Waals surface area contributed by atoms with Crippen molar-refractivity contribution in [2.24, 2.45) is 0 Å². The van der Waals surface area contributed by atoms with Crippen molar-refractivity contribution in [2.75, 3.05) is 37.7 Å². The summed E-state index contributed by atoms with van der Waals surface area (Å²) in [7, 11) is 0. The molecule has 17 heavy (non-hydrogen) atoms. The Labute approximate surface area is 101 Å². The van der Waals surface area contributed by atoms with E-state index in [1.807, 2.05) is 12.3 Å². The summed E-state index contributed by atoms with van der Waals surface area (Å²) in [5, 5.41) is 3.38. The van der Waals surface area contributed by atoms with Crippen molar-refractivity contribution in [3.63, 3.8) is 0 Å². The van der Waals surface area contributed by atoms with Gasteiger partial charge in [-0.05, 0) is 18.9 Å². The molecule has 2 aliphatic rings. The standard InChI is InChI=1S/C12H18N4O/c1-2-7-16(6-1)11-3-4-14-12(15-11)10-9-17-8-5-13-10/h3-4,10,13H,1-2,5-9H2. The van der Waals surface area contributed by atoms with Crippen molar-refractivity contribution in [3.05, 3.63) is 18.1 Å². The Bertz CT molecular complexity index is 373. The fourth-order valence-corrected chi connectivity index (χ4v) is 2.39. The molecule has 0 radical (unpaired) electrons. The van der Waals surface area contributed by atoms with Gasteiger partial charge in [0.25, 0.3) is 0 Å². The normalized spacial score (nSPS) is 25.2. The maximum Gasteiger partial charge on any atom is 0.149 e. The second-order valence-corrected chi connectivity index (χ2v) is 4.55. The van der Waals surface area contributed by atoms with E-state index < -0.39 is 0 Å². The topological polar surface area (TPSA) is 50.3 Å². The Balaban J connectivity index is 1.77. The van der Waals surface area contributed by atoms with E-state index in [4.69, 9.17) is 4.74 Å². The number of morpholine rings is 1. The highest BCUT2D eigenvalue weighted by atomic mass is 16.5. The van der Waals surface area contributed by atoms with Crippen LogP contribution in [0.2, 0.25) is 0 Å². The maximum absolute atomic E-state index is 5.45. The second kappa shape index (κ2) is 4.98. The first-order valence-corrected chi connectivity index (χ1v) is 6.32. The first-order chi connectivity index (χ1) is 8.43. The fraction of sp³-hybridized carbons (Fsp3) is 0.667. The van der Waals surface area contributed by atoms with Crippen molar-refractivity contribution >= 4 is 5.82 Å². The fourth-order valence-electron chi connectivity index (χ4n) is 2.39. The summed E-state index contributed by atoms with van der Waals surface area (Å²) in [6.45, 7) is 4.56. The van der Waals surface area contributed by atoms with Crippen LogP contribution in [-0.2, 0) is 4.74 Å². The first-order valence-electron chi connectivity index (χ1n) is 6.32. The van der Waals surface area contributed by atoms with Gasteiger partial charge < -0.3 is 15.0 Å². The quantitative estimate of drug-likeness (QED) is 0.818. The van der Waals surface area contributed by atoms with Crippen LogP contribution in [0.5, 0.6) is 0 Å². The molecule has 1 atom stereocenters. The van der Waals surface area contributed by atoms with Crippen LogP contribution in [0.1, 0.15) is 24.7 Å². The maximum atomic E-state index is 5.45. The lowest BCUT2D eigenvalue weighted by Gasteiger charge is -2.24. The van der Waals surface area contributed by atoms with Crippen molar-refractivity contribution in [1.29, 1.82) is 0 Å². The zero-order valence-corrected chi connectivity index (χ0v) is 9.93. The summed E-state index contributed by atoms with van der Waals surface area (Å²) < 4.78 is 5.45. The summed E-state index contributed by atoms with van der Waals surface area (Å²) >= 11 is 0. The largest absolute Gasteiger partial charge is 0.378 e. The number of aromatic nitrogens is 2. The summed E-state index contributed by atoms with van der Waals surface area (Å²) in [6.07, 6.45) is 4.39. The molecular weight excluding hydrogens is 216 g/mol. The molecule has 5 nitrogen and oxygen atoms in total. The smallest absolute Gasteiger partial charge is 0.149 e. The lowest BCUT2D eigenvalue weighted by molar-refractivity contribution is 0.0742. The molecule has 0 spiro atoms. The molecule has 3 rings (SSSR count). The Hall–Kier alpha value is -1.20. The summed E-state index contributed by atoms with van der Waals surface area (Å²) in [6, 6.07) is 2.14. The molecule has 3 heterocycles. The Kier molecular flexibility index (Phi) is 3.20. The highest BCUT2D eigenvalue weighted by Crippen LogP contribution is 2.19. The summed E-state index contributed by atoms with van der Waals surface area (Å²) in [5.41, 5.74) is 0. The molecule has 0 saturated carbocycles. The van der Waals surface area contributed by atoms with E-state index >= 15 is 0 Å². The van der Waals surface area contributed by atoms with Crippen LogP contribution in [0.3, 0.4) is 0 Å². The number of ether oxygens (including phenoxy) is 1. The van der Waals surface area contributed by atoms with Gasteiger partial charge in [0.05, 0.1) is 19.3 Å². The van der Waals surface area contributed by atoms with E-state index in [9.17, 15) is 0 Å². The van der Waals surface area contributed by atoms with Crippen LogP contribution >= 0.6 is 0 Å². The van der Waals surface area contributed by atoms with E-state index in [0.29, 0.717) is 6.61 Å². The lowest BCUT2D eigenvalue weighted by Crippen LogP contribution is -2.36. The van der Waals surface area contributed by atoms with Gasteiger partial charge in [0.1, 0.15) is 11.6 Å². The second-order valence-electron chi connectivity index (χ2n) is 4.55. The van der Waals surface area contributed by atoms with Gasteiger partial charge in [-0.25, -0.2) is 9.97 Å². The summed E-state index contributed by atoms with van der Waals surface area (Å²) in [4.78, 5) is 11.3. The van der Waals surface area contributed by atoms with Gasteiger partial charge >= 0.3 is 0 Å². The Morgan fingerprint density at radius 2 is 2.24 bits per heavy atom. The van der Waals surface area contributed by atoms with Gasteiger partial charge in [-0.2, -0.15) is 0 Å². The van der Waals surface area contributed by atoms with Gasteiger partial charge in [-0.15, -0.1) is 0 Å². The SMILES string of the molecule is c1cc(N2CCCC2)nc(C2COCCN2)n1. The third-order valence-corrected chi connectivity index (χ3v) is 3.32. The van der Waals surface area contributed by atoms with Crippen molar-refractivity contribution in [1.82, 2.24) is 15.3 Å². The minimum Gasteiger partial charge on any atom is -0.378 e. The molecule has 1 aromatic rings. The third kappa shape index (κ3) is 2.40. The average molecular weight is 234 g/mol. The van der Waals surface area contributed by atoms with Gasteiger partial charge in [0.15, 0.2) is 0 Å². The number of hydrogen-bond donors (Lipinski definition) is 1. The number of rotatable bonds is 2. The first kappa shape index (κ1) is 10.9. The van der Waals surface area contributed by atoms with Crippen LogP contribution in [0.4, 0.5) is 5.82 Å². The molecule has 0 aliphatic carbocycles. The molecule has 2 saturated heterocycles. The summed E-state index contributed by atoms with van der Waals surface area (Å²) in [5.74, 6) is 1.91. The number of nitrogens with one attached hydrogen (secondary N) is 1. The van der Waals surface area contributed by atoms with Crippen LogP contribution in [0.25, 0.3) is 0 Å². The molecule has 2 aliphatic heterocycles. The highest BCUT2D eigenvalue weighted by Gasteiger charge is 2.20. The van der Waals surface area contributed by atoms with E-state index in [2.05, 4.69) is 20.2 Å². The minimum atomic E-state index is 0.145. The predicted molar refractivity (Wildman–Crippen MR) is 65.0 cm³/mol. The lowest BCUT2D eigenvalue weighted by atomic mass is 10.2. The molecule has 0 bridgehead atoms. The van der Waals surface area contributed by atoms with Crippen molar-refractivity contribution < 1.29 is 4.74 Å². The number of anilines is 1. The van der Waals surface area contributed by atoms with Crippen LogP contribution in [0, 0.1) is 0 Å². The van der Waals surface area contributed by atoms with E-state index in [1.165, 1.54) is 12.8 Å². The van der Waals surface area contributed by atoms with E-state index in [-0.39, 0.29) is 6.04 Å². The van der Waals surface area contributed by atoms with Gasteiger partial charge in [0, 0.05) is 25.8 Å². The predicted octanol–water partition coefficient (Wildman–Crippen LogP) is 0.738. The van der Waals surface area contributed by atoms with Crippen molar-refractivity contribution in [3.8, 4) is 0 Å². The third-order valence-electron chi connectivity index (χ3n) is 3.32.